The second-order valence-corrected chi connectivity index (χ2v) is 5.65. The van der Waals surface area contributed by atoms with Crippen LogP contribution < -0.4 is 11.1 Å². The first kappa shape index (κ1) is 16.6. The highest BCUT2D eigenvalue weighted by Gasteiger charge is 2.15. The zero-order chi connectivity index (χ0) is 15.1. The third-order valence-electron chi connectivity index (χ3n) is 3.62. The van der Waals surface area contributed by atoms with Gasteiger partial charge in [-0.25, -0.2) is 4.39 Å². The predicted octanol–water partition coefficient (Wildman–Crippen LogP) is 3.47. The van der Waals surface area contributed by atoms with Crippen molar-refractivity contribution in [3.63, 3.8) is 0 Å². The van der Waals surface area contributed by atoms with Crippen molar-refractivity contribution in [2.24, 2.45) is 17.6 Å². The molecule has 0 radical (unpaired) electrons. The maximum atomic E-state index is 13.5. The first-order valence-electron chi connectivity index (χ1n) is 7.20. The SMILES string of the molecule is Cc1ccc(F)c(NC(=O)CCC(CCN)C(C)C)c1. The van der Waals surface area contributed by atoms with Crippen molar-refractivity contribution in [1.82, 2.24) is 0 Å². The Morgan fingerprint density at radius 3 is 2.65 bits per heavy atom. The number of hydrogen-bond acceptors (Lipinski definition) is 2. The Labute approximate surface area is 120 Å². The Hall–Kier alpha value is -1.42. The van der Waals surface area contributed by atoms with E-state index in [0.717, 1.165) is 18.4 Å². The van der Waals surface area contributed by atoms with Gasteiger partial charge in [0.25, 0.3) is 0 Å². The summed E-state index contributed by atoms with van der Waals surface area (Å²) in [7, 11) is 0. The first-order valence-corrected chi connectivity index (χ1v) is 7.20. The van der Waals surface area contributed by atoms with E-state index in [9.17, 15) is 9.18 Å². The van der Waals surface area contributed by atoms with Gasteiger partial charge >= 0.3 is 0 Å². The molecule has 0 saturated carbocycles. The molecular formula is C16H25FN2O. The van der Waals surface area contributed by atoms with Crippen LogP contribution >= 0.6 is 0 Å². The first-order chi connectivity index (χ1) is 9.43. The number of halogens is 1. The van der Waals surface area contributed by atoms with Crippen LogP contribution in [0.3, 0.4) is 0 Å². The third-order valence-corrected chi connectivity index (χ3v) is 3.62. The van der Waals surface area contributed by atoms with Crippen LogP contribution in [-0.4, -0.2) is 12.5 Å². The average Bonchev–Trinajstić information content (AvgIpc) is 2.38. The van der Waals surface area contributed by atoms with Gasteiger partial charge in [-0.15, -0.1) is 0 Å². The minimum Gasteiger partial charge on any atom is -0.330 e. The van der Waals surface area contributed by atoms with Crippen LogP contribution in [0, 0.1) is 24.6 Å². The summed E-state index contributed by atoms with van der Waals surface area (Å²) in [5.74, 6) is 0.402. The zero-order valence-corrected chi connectivity index (χ0v) is 12.6. The molecule has 112 valence electrons. The minimum atomic E-state index is -0.397. The Morgan fingerprint density at radius 1 is 1.35 bits per heavy atom. The molecule has 1 unspecified atom stereocenters. The number of carbonyl (C=O) groups excluding carboxylic acids is 1. The van der Waals surface area contributed by atoms with Crippen LogP contribution in [0.2, 0.25) is 0 Å². The average molecular weight is 280 g/mol. The monoisotopic (exact) mass is 280 g/mol. The number of nitrogens with one attached hydrogen (secondary N) is 1. The molecule has 3 N–H and O–H groups in total. The standard InChI is InChI=1S/C16H25FN2O/c1-11(2)13(8-9-18)5-7-16(20)19-15-10-12(3)4-6-14(15)17/h4,6,10-11,13H,5,7-9,18H2,1-3H3,(H,19,20). The van der Waals surface area contributed by atoms with E-state index in [1.165, 1.54) is 6.07 Å². The van der Waals surface area contributed by atoms with Gasteiger partial charge in [0.1, 0.15) is 5.82 Å². The molecule has 4 heteroatoms. The molecule has 1 aromatic rings. The highest BCUT2D eigenvalue weighted by atomic mass is 19.1. The highest BCUT2D eigenvalue weighted by molar-refractivity contribution is 5.90. The largest absolute Gasteiger partial charge is 0.330 e. The van der Waals surface area contributed by atoms with Gasteiger partial charge in [-0.05, 0) is 55.8 Å². The molecule has 20 heavy (non-hydrogen) atoms. The maximum Gasteiger partial charge on any atom is 0.224 e. The lowest BCUT2D eigenvalue weighted by molar-refractivity contribution is -0.116. The molecule has 0 heterocycles. The van der Waals surface area contributed by atoms with Gasteiger partial charge in [0.2, 0.25) is 5.91 Å². The van der Waals surface area contributed by atoms with Crippen LogP contribution in [0.4, 0.5) is 10.1 Å². The molecule has 1 aromatic carbocycles. The third kappa shape index (κ3) is 5.29. The van der Waals surface area contributed by atoms with Gasteiger partial charge in [0.15, 0.2) is 0 Å². The normalized spacial score (nSPS) is 12.5. The van der Waals surface area contributed by atoms with E-state index in [-0.39, 0.29) is 11.6 Å². The number of benzene rings is 1. The van der Waals surface area contributed by atoms with E-state index in [0.29, 0.717) is 24.8 Å². The molecule has 1 atom stereocenters. The van der Waals surface area contributed by atoms with Gasteiger partial charge in [-0.2, -0.15) is 0 Å². The quantitative estimate of drug-likeness (QED) is 0.803. The number of carbonyl (C=O) groups is 1. The summed E-state index contributed by atoms with van der Waals surface area (Å²) in [5.41, 5.74) is 6.76. The number of rotatable bonds is 7. The minimum absolute atomic E-state index is 0.142. The van der Waals surface area contributed by atoms with Crippen molar-refractivity contribution < 1.29 is 9.18 Å². The summed E-state index contributed by atoms with van der Waals surface area (Å²) < 4.78 is 13.5. The van der Waals surface area contributed by atoms with Gasteiger partial charge in [0, 0.05) is 6.42 Å². The van der Waals surface area contributed by atoms with Gasteiger partial charge in [0.05, 0.1) is 5.69 Å². The molecule has 0 spiro atoms. The van der Waals surface area contributed by atoms with Crippen molar-refractivity contribution in [1.29, 1.82) is 0 Å². The summed E-state index contributed by atoms with van der Waals surface area (Å²) in [6.45, 7) is 6.78. The Balaban J connectivity index is 2.53. The van der Waals surface area contributed by atoms with Crippen LogP contribution in [0.5, 0.6) is 0 Å². The molecule has 0 bridgehead atoms. The topological polar surface area (TPSA) is 55.1 Å². The van der Waals surface area contributed by atoms with Crippen LogP contribution in [0.25, 0.3) is 0 Å². The number of amides is 1. The van der Waals surface area contributed by atoms with Gasteiger partial charge in [-0.1, -0.05) is 19.9 Å². The summed E-state index contributed by atoms with van der Waals surface area (Å²) in [5, 5.41) is 2.64. The van der Waals surface area contributed by atoms with E-state index in [4.69, 9.17) is 5.73 Å². The molecular weight excluding hydrogens is 255 g/mol. The fourth-order valence-electron chi connectivity index (χ4n) is 2.29. The van der Waals surface area contributed by atoms with Crippen LogP contribution in [0.15, 0.2) is 18.2 Å². The molecule has 0 aliphatic carbocycles. The number of aryl methyl sites for hydroxylation is 1. The summed E-state index contributed by atoms with van der Waals surface area (Å²) in [6.07, 6.45) is 2.11. The van der Waals surface area contributed by atoms with Crippen molar-refractivity contribution in [3.05, 3.63) is 29.6 Å². The Morgan fingerprint density at radius 2 is 2.05 bits per heavy atom. The van der Waals surface area contributed by atoms with E-state index in [2.05, 4.69) is 19.2 Å². The zero-order valence-electron chi connectivity index (χ0n) is 12.6. The molecule has 0 saturated heterocycles. The lowest BCUT2D eigenvalue weighted by Gasteiger charge is -2.19. The van der Waals surface area contributed by atoms with E-state index in [1.54, 1.807) is 12.1 Å². The predicted molar refractivity (Wildman–Crippen MR) is 81.0 cm³/mol. The smallest absolute Gasteiger partial charge is 0.224 e. The number of nitrogens with two attached hydrogens (primary N) is 1. The molecule has 0 aromatic heterocycles. The van der Waals surface area contributed by atoms with Crippen molar-refractivity contribution in [3.8, 4) is 0 Å². The van der Waals surface area contributed by atoms with Crippen molar-refractivity contribution in [2.45, 2.75) is 40.0 Å². The summed E-state index contributed by atoms with van der Waals surface area (Å²) >= 11 is 0. The summed E-state index contributed by atoms with van der Waals surface area (Å²) in [6, 6.07) is 4.70. The van der Waals surface area contributed by atoms with Gasteiger partial charge < -0.3 is 11.1 Å². The molecule has 0 aliphatic rings. The van der Waals surface area contributed by atoms with E-state index < -0.39 is 5.82 Å². The van der Waals surface area contributed by atoms with Crippen LogP contribution in [0.1, 0.15) is 38.7 Å². The maximum absolute atomic E-state index is 13.5. The summed E-state index contributed by atoms with van der Waals surface area (Å²) in [4.78, 5) is 11.9. The molecule has 1 rings (SSSR count). The fourth-order valence-corrected chi connectivity index (χ4v) is 2.29. The molecule has 3 nitrogen and oxygen atoms in total. The van der Waals surface area contributed by atoms with Crippen LogP contribution in [-0.2, 0) is 4.79 Å². The lowest BCUT2D eigenvalue weighted by atomic mass is 9.88. The molecule has 0 aliphatic heterocycles. The van der Waals surface area contributed by atoms with Gasteiger partial charge in [-0.3, -0.25) is 4.79 Å². The lowest BCUT2D eigenvalue weighted by Crippen LogP contribution is -2.18. The second-order valence-electron chi connectivity index (χ2n) is 5.65. The van der Waals surface area contributed by atoms with Crippen molar-refractivity contribution in [2.75, 3.05) is 11.9 Å². The Bertz CT molecular complexity index is 446. The molecule has 0 fully saturated rings. The molecule has 1 amide bonds. The number of hydrogen-bond donors (Lipinski definition) is 2. The fraction of sp³-hybridized carbons (Fsp3) is 0.562. The van der Waals surface area contributed by atoms with Crippen molar-refractivity contribution >= 4 is 11.6 Å². The second kappa shape index (κ2) is 8.00. The number of anilines is 1. The highest BCUT2D eigenvalue weighted by Crippen LogP contribution is 2.21. The Kier molecular flexibility index (Phi) is 6.65. The van der Waals surface area contributed by atoms with E-state index in [1.807, 2.05) is 6.92 Å². The van der Waals surface area contributed by atoms with E-state index >= 15 is 0 Å².